The number of aromatic nitrogens is 1. The van der Waals surface area contributed by atoms with Crippen LogP contribution in [0.3, 0.4) is 0 Å². The third kappa shape index (κ3) is 2.64. The predicted molar refractivity (Wildman–Crippen MR) is 97.6 cm³/mol. The second-order valence-corrected chi connectivity index (χ2v) is 5.82. The van der Waals surface area contributed by atoms with Gasteiger partial charge in [0.25, 0.3) is 0 Å². The van der Waals surface area contributed by atoms with Gasteiger partial charge < -0.3 is 15.3 Å². The summed E-state index contributed by atoms with van der Waals surface area (Å²) in [7, 11) is 0. The van der Waals surface area contributed by atoms with E-state index in [0.717, 1.165) is 22.3 Å². The quantitative estimate of drug-likeness (QED) is 0.499. The van der Waals surface area contributed by atoms with Gasteiger partial charge in [0.15, 0.2) is 11.5 Å². The zero-order chi connectivity index (χ0) is 17.4. The third-order valence-corrected chi connectivity index (χ3v) is 4.25. The number of pyridine rings is 1. The first-order valence-corrected chi connectivity index (χ1v) is 7.83. The highest BCUT2D eigenvalue weighted by atomic mass is 16.3. The van der Waals surface area contributed by atoms with E-state index in [-0.39, 0.29) is 17.2 Å². The van der Waals surface area contributed by atoms with E-state index in [9.17, 15) is 15.3 Å². The highest BCUT2D eigenvalue weighted by Crippen LogP contribution is 2.35. The fourth-order valence-corrected chi connectivity index (χ4v) is 2.91. The Balaban J connectivity index is 1.77. The van der Waals surface area contributed by atoms with Crippen molar-refractivity contribution >= 4 is 10.9 Å². The van der Waals surface area contributed by atoms with Crippen molar-refractivity contribution in [3.05, 3.63) is 72.9 Å². The van der Waals surface area contributed by atoms with Gasteiger partial charge in [-0.1, -0.05) is 48.5 Å². The Morgan fingerprint density at radius 2 is 1.32 bits per heavy atom. The number of phenols is 1. The molecular weight excluding hydrogens is 314 g/mol. The van der Waals surface area contributed by atoms with Gasteiger partial charge in [0.2, 0.25) is 0 Å². The molecule has 1 aromatic heterocycles. The lowest BCUT2D eigenvalue weighted by molar-refractivity contribution is 0.406. The molecule has 0 atom stereocenters. The summed E-state index contributed by atoms with van der Waals surface area (Å²) in [5.74, 6) is -0.162. The van der Waals surface area contributed by atoms with Crippen LogP contribution in [-0.4, -0.2) is 20.3 Å². The number of hydrogen-bond acceptors (Lipinski definition) is 4. The molecule has 3 aromatic carbocycles. The lowest BCUT2D eigenvalue weighted by Crippen LogP contribution is -1.84. The smallest absolute Gasteiger partial charge is 0.176 e. The largest absolute Gasteiger partial charge is 0.507 e. The molecule has 0 fully saturated rings. The van der Waals surface area contributed by atoms with Crippen molar-refractivity contribution in [3.8, 4) is 39.5 Å². The van der Waals surface area contributed by atoms with Gasteiger partial charge in [-0.25, -0.2) is 0 Å². The molecule has 1 heterocycles. The van der Waals surface area contributed by atoms with Crippen molar-refractivity contribution in [2.24, 2.45) is 0 Å². The first-order chi connectivity index (χ1) is 12.1. The number of nitrogens with zero attached hydrogens (tertiary/aromatic N) is 1. The van der Waals surface area contributed by atoms with E-state index in [1.54, 1.807) is 24.3 Å². The maximum atomic E-state index is 10.0. The van der Waals surface area contributed by atoms with Crippen molar-refractivity contribution in [3.63, 3.8) is 0 Å². The van der Waals surface area contributed by atoms with Gasteiger partial charge in [-0.15, -0.1) is 0 Å². The second kappa shape index (κ2) is 5.83. The third-order valence-electron chi connectivity index (χ3n) is 4.25. The average Bonchev–Trinajstić information content (AvgIpc) is 2.65. The van der Waals surface area contributed by atoms with Gasteiger partial charge in [0, 0.05) is 10.9 Å². The van der Waals surface area contributed by atoms with Crippen molar-refractivity contribution in [1.82, 2.24) is 4.98 Å². The molecular formula is C21H15NO3. The van der Waals surface area contributed by atoms with E-state index < -0.39 is 0 Å². The van der Waals surface area contributed by atoms with Crippen LogP contribution in [0.2, 0.25) is 0 Å². The molecule has 122 valence electrons. The SMILES string of the molecule is Oc1ccccc1-c1ccc(-c2ccc3ncc(O)c(O)c3c2)cc1. The second-order valence-electron chi connectivity index (χ2n) is 5.82. The van der Waals surface area contributed by atoms with Crippen LogP contribution in [-0.2, 0) is 0 Å². The van der Waals surface area contributed by atoms with Crippen LogP contribution in [0.5, 0.6) is 17.2 Å². The molecule has 4 nitrogen and oxygen atoms in total. The fourth-order valence-electron chi connectivity index (χ4n) is 2.91. The molecule has 0 amide bonds. The molecule has 25 heavy (non-hydrogen) atoms. The molecule has 0 aliphatic rings. The predicted octanol–water partition coefficient (Wildman–Crippen LogP) is 4.69. The summed E-state index contributed by atoms with van der Waals surface area (Å²) in [5, 5.41) is 30.1. The molecule has 0 bridgehead atoms. The number of phenolic OH excluding ortho intramolecular Hbond substituents is 1. The van der Waals surface area contributed by atoms with Crippen LogP contribution < -0.4 is 0 Å². The minimum atomic E-state index is -0.237. The average molecular weight is 329 g/mol. The van der Waals surface area contributed by atoms with E-state index in [0.29, 0.717) is 10.9 Å². The number of aromatic hydroxyl groups is 3. The maximum Gasteiger partial charge on any atom is 0.176 e. The molecule has 0 unspecified atom stereocenters. The summed E-state index contributed by atoms with van der Waals surface area (Å²) in [5.41, 5.74) is 4.18. The first-order valence-electron chi connectivity index (χ1n) is 7.83. The Hall–Kier alpha value is -3.53. The van der Waals surface area contributed by atoms with E-state index in [2.05, 4.69) is 4.98 Å². The Labute approximate surface area is 144 Å². The highest BCUT2D eigenvalue weighted by molar-refractivity contribution is 5.91. The Morgan fingerprint density at radius 3 is 2.08 bits per heavy atom. The number of rotatable bonds is 2. The van der Waals surface area contributed by atoms with Gasteiger partial charge >= 0.3 is 0 Å². The van der Waals surface area contributed by atoms with Crippen LogP contribution in [0.15, 0.2) is 72.9 Å². The van der Waals surface area contributed by atoms with Gasteiger partial charge in [-0.2, -0.15) is 0 Å². The van der Waals surface area contributed by atoms with E-state index >= 15 is 0 Å². The molecule has 0 aliphatic heterocycles. The van der Waals surface area contributed by atoms with Crippen molar-refractivity contribution in [1.29, 1.82) is 0 Å². The number of para-hydroxylation sites is 1. The zero-order valence-corrected chi connectivity index (χ0v) is 13.2. The lowest BCUT2D eigenvalue weighted by atomic mass is 9.98. The fraction of sp³-hybridized carbons (Fsp3) is 0. The van der Waals surface area contributed by atoms with E-state index in [1.165, 1.54) is 6.20 Å². The standard InChI is InChI=1S/C21H15NO3/c23-19-4-2-1-3-16(19)14-7-5-13(6-8-14)15-9-10-18-17(11-15)21(25)20(24)12-22-18/h1-12,23-24H,(H,22,25). The molecule has 4 heteroatoms. The molecule has 0 saturated carbocycles. The molecule has 0 aliphatic carbocycles. The van der Waals surface area contributed by atoms with Crippen LogP contribution in [0.4, 0.5) is 0 Å². The van der Waals surface area contributed by atoms with Gasteiger partial charge in [-0.3, -0.25) is 4.98 Å². The lowest BCUT2D eigenvalue weighted by Gasteiger charge is -2.08. The Morgan fingerprint density at radius 1 is 0.640 bits per heavy atom. The summed E-state index contributed by atoms with van der Waals surface area (Å²) < 4.78 is 0. The number of fused-ring (bicyclic) bond motifs is 1. The summed E-state index contributed by atoms with van der Waals surface area (Å²) in [6.07, 6.45) is 1.23. The molecule has 0 spiro atoms. The Kier molecular flexibility index (Phi) is 3.51. The number of benzene rings is 3. The van der Waals surface area contributed by atoms with Gasteiger partial charge in [-0.05, 0) is 34.9 Å². The van der Waals surface area contributed by atoms with E-state index in [4.69, 9.17) is 0 Å². The topological polar surface area (TPSA) is 73.6 Å². The van der Waals surface area contributed by atoms with Crippen LogP contribution in [0.25, 0.3) is 33.2 Å². The van der Waals surface area contributed by atoms with Crippen molar-refractivity contribution in [2.45, 2.75) is 0 Å². The minimum Gasteiger partial charge on any atom is -0.507 e. The summed E-state index contributed by atoms with van der Waals surface area (Å²) in [6.45, 7) is 0. The molecule has 4 aromatic rings. The first kappa shape index (κ1) is 15.0. The Bertz CT molecular complexity index is 1070. The molecule has 0 radical (unpaired) electrons. The monoisotopic (exact) mass is 329 g/mol. The normalized spacial score (nSPS) is 10.9. The van der Waals surface area contributed by atoms with Crippen LogP contribution in [0.1, 0.15) is 0 Å². The maximum absolute atomic E-state index is 10.0. The van der Waals surface area contributed by atoms with Crippen molar-refractivity contribution < 1.29 is 15.3 Å². The summed E-state index contributed by atoms with van der Waals surface area (Å²) >= 11 is 0. The van der Waals surface area contributed by atoms with E-state index in [1.807, 2.05) is 42.5 Å². The summed E-state index contributed by atoms with van der Waals surface area (Å²) in [4.78, 5) is 4.10. The highest BCUT2D eigenvalue weighted by Gasteiger charge is 2.09. The number of hydrogen-bond donors (Lipinski definition) is 3. The van der Waals surface area contributed by atoms with Crippen LogP contribution in [0, 0.1) is 0 Å². The van der Waals surface area contributed by atoms with Crippen molar-refractivity contribution in [2.75, 3.05) is 0 Å². The summed E-state index contributed by atoms with van der Waals surface area (Å²) in [6, 6.07) is 20.5. The van der Waals surface area contributed by atoms with Crippen LogP contribution >= 0.6 is 0 Å². The molecule has 3 N–H and O–H groups in total. The van der Waals surface area contributed by atoms with Gasteiger partial charge in [0.05, 0.1) is 11.7 Å². The van der Waals surface area contributed by atoms with Gasteiger partial charge in [0.1, 0.15) is 5.75 Å². The zero-order valence-electron chi connectivity index (χ0n) is 13.2. The minimum absolute atomic E-state index is 0.169. The molecule has 4 rings (SSSR count). The molecule has 0 saturated heterocycles.